The number of hydrogen-bond acceptors (Lipinski definition) is 4. The second-order valence-electron chi connectivity index (χ2n) is 6.54. The molecule has 0 aliphatic carbocycles. The molecule has 0 unspecified atom stereocenters. The Hall–Kier alpha value is -1.28. The van der Waals surface area contributed by atoms with Gasteiger partial charge in [0.25, 0.3) is 0 Å². The van der Waals surface area contributed by atoms with Crippen molar-refractivity contribution in [2.45, 2.75) is 39.3 Å². The number of halogens is 3. The summed E-state index contributed by atoms with van der Waals surface area (Å²) in [4.78, 5) is 15.4. The minimum absolute atomic E-state index is 0.0629. The van der Waals surface area contributed by atoms with Gasteiger partial charge in [-0.3, -0.25) is 9.79 Å². The van der Waals surface area contributed by atoms with Crippen molar-refractivity contribution in [1.82, 2.24) is 0 Å². The van der Waals surface area contributed by atoms with Gasteiger partial charge < -0.3 is 4.74 Å². The maximum Gasteiger partial charge on any atom is 0.416 e. The van der Waals surface area contributed by atoms with Crippen LogP contribution < -0.4 is 0 Å². The maximum atomic E-state index is 13.3. The molecule has 0 aliphatic heterocycles. The third kappa shape index (κ3) is 6.68. The Morgan fingerprint density at radius 2 is 1.92 bits per heavy atom. The third-order valence-corrected chi connectivity index (χ3v) is 4.84. The molecule has 24 heavy (non-hydrogen) atoms. The van der Waals surface area contributed by atoms with Gasteiger partial charge in [0.05, 0.1) is 18.7 Å². The maximum absolute atomic E-state index is 13.3. The van der Waals surface area contributed by atoms with Crippen LogP contribution in [0, 0.1) is 0 Å². The quantitative estimate of drug-likeness (QED) is 0.321. The number of nitrogens with zero attached hydrogens (tertiary/aromatic N) is 1. The van der Waals surface area contributed by atoms with E-state index in [2.05, 4.69) is 24.6 Å². The van der Waals surface area contributed by atoms with E-state index in [1.807, 2.05) is 0 Å². The van der Waals surface area contributed by atoms with Gasteiger partial charge in [-0.1, -0.05) is 31.8 Å². The van der Waals surface area contributed by atoms with Gasteiger partial charge in [0.15, 0.2) is 0 Å². The first-order valence-corrected chi connectivity index (χ1v) is 12.3. The molecule has 1 aromatic rings. The van der Waals surface area contributed by atoms with Crippen LogP contribution in [0.3, 0.4) is 0 Å². The number of thioether (sulfide) groups is 1. The van der Waals surface area contributed by atoms with Crippen LogP contribution >= 0.6 is 11.8 Å². The van der Waals surface area contributed by atoms with Crippen molar-refractivity contribution in [3.05, 3.63) is 34.9 Å². The van der Waals surface area contributed by atoms with E-state index in [-0.39, 0.29) is 5.56 Å². The molecule has 1 rings (SSSR count). The second-order valence-corrected chi connectivity index (χ2v) is 12.8. The molecule has 0 spiro atoms. The van der Waals surface area contributed by atoms with Crippen LogP contribution in [0.4, 0.5) is 13.2 Å². The molecule has 3 nitrogen and oxygen atoms in total. The Bertz CT molecular complexity index is 625. The van der Waals surface area contributed by atoms with Crippen molar-refractivity contribution < 1.29 is 22.7 Å². The predicted molar refractivity (Wildman–Crippen MR) is 95.2 cm³/mol. The largest absolute Gasteiger partial charge is 0.461 e. The first-order valence-electron chi connectivity index (χ1n) is 7.36. The first kappa shape index (κ1) is 20.8. The highest BCUT2D eigenvalue weighted by Gasteiger charge is 2.34. The fourth-order valence-electron chi connectivity index (χ4n) is 1.86. The SMILES string of the molecule is CSC(=NC[Si](C)(C)C)c1ccc(COC(C)=O)c(C(F)(F)F)c1. The summed E-state index contributed by atoms with van der Waals surface area (Å²) < 4.78 is 44.7. The van der Waals surface area contributed by atoms with Gasteiger partial charge in [0.1, 0.15) is 6.61 Å². The molecule has 0 N–H and O–H groups in total. The third-order valence-electron chi connectivity index (χ3n) is 2.98. The van der Waals surface area contributed by atoms with E-state index in [0.717, 1.165) is 13.0 Å². The molecule has 0 aliphatic rings. The highest BCUT2D eigenvalue weighted by molar-refractivity contribution is 8.13. The van der Waals surface area contributed by atoms with Crippen molar-refractivity contribution in [3.63, 3.8) is 0 Å². The summed E-state index contributed by atoms with van der Waals surface area (Å²) in [5, 5.41) is 0.585. The summed E-state index contributed by atoms with van der Waals surface area (Å²) >= 11 is 1.33. The zero-order valence-corrected chi connectivity index (χ0v) is 16.3. The summed E-state index contributed by atoms with van der Waals surface area (Å²) in [7, 11) is -1.44. The minimum atomic E-state index is -4.52. The molecule has 0 saturated heterocycles. The van der Waals surface area contributed by atoms with Crippen molar-refractivity contribution >= 4 is 30.8 Å². The zero-order chi connectivity index (χ0) is 18.5. The Kier molecular flexibility index (Phi) is 7.09. The number of carbonyl (C=O) groups excluding carboxylic acids is 1. The number of aliphatic imine (C=N–C) groups is 1. The Balaban J connectivity index is 3.24. The van der Waals surface area contributed by atoms with Gasteiger partial charge >= 0.3 is 12.1 Å². The molecule has 0 amide bonds. The van der Waals surface area contributed by atoms with Gasteiger partial charge in [-0.15, -0.1) is 11.8 Å². The van der Waals surface area contributed by atoms with Crippen molar-refractivity contribution in [3.8, 4) is 0 Å². The topological polar surface area (TPSA) is 38.7 Å². The lowest BCUT2D eigenvalue weighted by atomic mass is 10.0. The van der Waals surface area contributed by atoms with Crippen molar-refractivity contribution in [1.29, 1.82) is 0 Å². The average molecular weight is 378 g/mol. The lowest BCUT2D eigenvalue weighted by Crippen LogP contribution is -2.25. The fraction of sp³-hybridized carbons (Fsp3) is 0.500. The molecule has 8 heteroatoms. The number of ether oxygens (including phenoxy) is 1. The van der Waals surface area contributed by atoms with Crippen LogP contribution in [0.1, 0.15) is 23.6 Å². The molecule has 0 saturated carbocycles. The van der Waals surface area contributed by atoms with Gasteiger partial charge in [-0.2, -0.15) is 13.2 Å². The number of rotatable bonds is 5. The van der Waals surface area contributed by atoms with E-state index in [4.69, 9.17) is 4.74 Å². The van der Waals surface area contributed by atoms with Crippen LogP contribution in [-0.2, 0) is 22.3 Å². The molecule has 0 atom stereocenters. The first-order chi connectivity index (χ1) is 10.9. The van der Waals surface area contributed by atoms with Gasteiger partial charge in [0.2, 0.25) is 0 Å². The summed E-state index contributed by atoms with van der Waals surface area (Å²) in [6.45, 7) is 7.22. The summed E-state index contributed by atoms with van der Waals surface area (Å²) in [5.74, 6) is -0.617. The summed E-state index contributed by atoms with van der Waals surface area (Å²) in [6.07, 6.45) is -2.07. The Morgan fingerprint density at radius 1 is 1.29 bits per heavy atom. The Morgan fingerprint density at radius 3 is 2.38 bits per heavy atom. The van der Waals surface area contributed by atoms with Crippen LogP contribution in [-0.4, -0.2) is 31.5 Å². The fourth-order valence-corrected chi connectivity index (χ4v) is 3.16. The average Bonchev–Trinajstić information content (AvgIpc) is 2.44. The molecule has 0 heterocycles. The molecular weight excluding hydrogens is 355 g/mol. The predicted octanol–water partition coefficient (Wildman–Crippen LogP) is 4.76. The number of alkyl halides is 3. The number of carbonyl (C=O) groups is 1. The van der Waals surface area contributed by atoms with Crippen molar-refractivity contribution in [2.24, 2.45) is 4.99 Å². The van der Waals surface area contributed by atoms with E-state index < -0.39 is 32.4 Å². The van der Waals surface area contributed by atoms with Gasteiger partial charge in [-0.05, 0) is 12.3 Å². The van der Waals surface area contributed by atoms with Crippen LogP contribution in [0.5, 0.6) is 0 Å². The second kappa shape index (κ2) is 8.20. The number of benzene rings is 1. The zero-order valence-electron chi connectivity index (χ0n) is 14.5. The molecule has 0 radical (unpaired) electrons. The van der Waals surface area contributed by atoms with Crippen LogP contribution in [0.25, 0.3) is 0 Å². The van der Waals surface area contributed by atoms with Gasteiger partial charge in [0, 0.05) is 24.2 Å². The highest BCUT2D eigenvalue weighted by Crippen LogP contribution is 2.34. The van der Waals surface area contributed by atoms with E-state index in [9.17, 15) is 18.0 Å². The number of hydrogen-bond donors (Lipinski definition) is 0. The molecule has 0 fully saturated rings. The highest BCUT2D eigenvalue weighted by atomic mass is 32.2. The molecule has 1 aromatic carbocycles. The summed E-state index contributed by atoms with van der Waals surface area (Å²) in [6, 6.07) is 4.02. The molecule has 0 aromatic heterocycles. The van der Waals surface area contributed by atoms with Crippen LogP contribution in [0.2, 0.25) is 19.6 Å². The monoisotopic (exact) mass is 377 g/mol. The van der Waals surface area contributed by atoms with Gasteiger partial charge in [-0.25, -0.2) is 0 Å². The van der Waals surface area contributed by atoms with E-state index in [1.54, 1.807) is 12.3 Å². The molecule has 0 bridgehead atoms. The Labute approximate surface area is 145 Å². The standard InChI is InChI=1S/C16H22F3NO2SSi/c1-11(21)22-9-13-7-6-12(8-14(13)16(17,18)19)15(23-2)20-10-24(3,4)5/h6-8H,9-10H2,1-5H3. The number of esters is 1. The normalized spacial score (nSPS) is 13.1. The van der Waals surface area contributed by atoms with E-state index >= 15 is 0 Å². The lowest BCUT2D eigenvalue weighted by Gasteiger charge is -2.16. The van der Waals surface area contributed by atoms with Crippen LogP contribution in [0.15, 0.2) is 23.2 Å². The molecular formula is C16H22F3NO2SSi. The van der Waals surface area contributed by atoms with E-state index in [1.165, 1.54) is 17.8 Å². The smallest absolute Gasteiger partial charge is 0.416 e. The minimum Gasteiger partial charge on any atom is -0.461 e. The van der Waals surface area contributed by atoms with Crippen molar-refractivity contribution in [2.75, 3.05) is 12.4 Å². The molecule has 134 valence electrons. The lowest BCUT2D eigenvalue weighted by molar-refractivity contribution is -0.145. The van der Waals surface area contributed by atoms with E-state index in [0.29, 0.717) is 16.8 Å². The summed E-state index contributed by atoms with van der Waals surface area (Å²) in [5.41, 5.74) is -0.428.